The summed E-state index contributed by atoms with van der Waals surface area (Å²) in [5, 5.41) is 8.95. The van der Waals surface area contributed by atoms with Crippen molar-refractivity contribution in [3.63, 3.8) is 0 Å². The first kappa shape index (κ1) is 14.5. The summed E-state index contributed by atoms with van der Waals surface area (Å²) in [6.45, 7) is 4.72. The minimum absolute atomic E-state index is 0.0207. The Kier molecular flexibility index (Phi) is 4.74. The molecule has 1 aliphatic heterocycles. The van der Waals surface area contributed by atoms with E-state index in [1.165, 1.54) is 0 Å². The number of rotatable bonds is 4. The Hall–Kier alpha value is -1.88. The summed E-state index contributed by atoms with van der Waals surface area (Å²) in [5.74, 6) is 0.0509. The van der Waals surface area contributed by atoms with Gasteiger partial charge in [-0.3, -0.25) is 9.59 Å². The van der Waals surface area contributed by atoms with E-state index in [0.29, 0.717) is 6.42 Å². The lowest BCUT2D eigenvalue weighted by atomic mass is 10.0. The van der Waals surface area contributed by atoms with Crippen LogP contribution in [0.4, 0.5) is 11.4 Å². The maximum Gasteiger partial charge on any atom is 0.229 e. The van der Waals surface area contributed by atoms with Gasteiger partial charge in [0.15, 0.2) is 0 Å². The molecular formula is C15H21N3O2. The highest BCUT2D eigenvalue weighted by atomic mass is 16.2. The van der Waals surface area contributed by atoms with Gasteiger partial charge in [0.25, 0.3) is 0 Å². The highest BCUT2D eigenvalue weighted by Gasteiger charge is 2.29. The molecule has 2 amide bonds. The van der Waals surface area contributed by atoms with Gasteiger partial charge in [-0.25, -0.2) is 0 Å². The Morgan fingerprint density at radius 2 is 1.80 bits per heavy atom. The van der Waals surface area contributed by atoms with Crippen LogP contribution < -0.4 is 16.0 Å². The molecule has 20 heavy (non-hydrogen) atoms. The van der Waals surface area contributed by atoms with Crippen LogP contribution in [0, 0.1) is 5.92 Å². The summed E-state index contributed by atoms with van der Waals surface area (Å²) in [4.78, 5) is 23.4. The van der Waals surface area contributed by atoms with Crippen LogP contribution in [0.3, 0.4) is 0 Å². The van der Waals surface area contributed by atoms with E-state index in [2.05, 4.69) is 16.0 Å². The Bertz CT molecular complexity index is 484. The van der Waals surface area contributed by atoms with Crippen molar-refractivity contribution < 1.29 is 9.59 Å². The van der Waals surface area contributed by atoms with Gasteiger partial charge in [-0.2, -0.15) is 0 Å². The predicted molar refractivity (Wildman–Crippen MR) is 79.6 cm³/mol. The molecule has 1 fully saturated rings. The average Bonchev–Trinajstić information content (AvgIpc) is 2.87. The normalized spacial score (nSPS) is 21.5. The molecule has 0 bridgehead atoms. The van der Waals surface area contributed by atoms with Crippen LogP contribution in [-0.4, -0.2) is 24.4 Å². The fourth-order valence-electron chi connectivity index (χ4n) is 2.34. The number of nitrogens with one attached hydrogen (secondary N) is 3. The Morgan fingerprint density at radius 3 is 2.30 bits per heavy atom. The van der Waals surface area contributed by atoms with Crippen molar-refractivity contribution in [1.29, 1.82) is 0 Å². The maximum absolute atomic E-state index is 12.1. The van der Waals surface area contributed by atoms with Crippen molar-refractivity contribution in [2.45, 2.75) is 32.7 Å². The number of anilines is 2. The molecule has 108 valence electrons. The van der Waals surface area contributed by atoms with Gasteiger partial charge >= 0.3 is 0 Å². The smallest absolute Gasteiger partial charge is 0.229 e. The molecule has 1 aromatic rings. The van der Waals surface area contributed by atoms with Crippen molar-refractivity contribution in [2.75, 3.05) is 17.2 Å². The zero-order valence-electron chi connectivity index (χ0n) is 11.9. The molecule has 0 radical (unpaired) electrons. The van der Waals surface area contributed by atoms with E-state index in [1.54, 1.807) is 31.2 Å². The van der Waals surface area contributed by atoms with Crippen molar-refractivity contribution >= 4 is 23.2 Å². The molecule has 2 atom stereocenters. The summed E-state index contributed by atoms with van der Waals surface area (Å²) < 4.78 is 0. The van der Waals surface area contributed by atoms with E-state index in [4.69, 9.17) is 0 Å². The standard InChI is InChI=1S/C15H21N3O2/c1-3-14(19)17-11-4-6-12(7-5-11)18-15(20)13-8-9-16-10(13)2/h4-7,10,13,16H,3,8-9H2,1-2H3,(H,17,19)(H,18,20). The number of benzene rings is 1. The Labute approximate surface area is 119 Å². The monoisotopic (exact) mass is 275 g/mol. The van der Waals surface area contributed by atoms with Gasteiger partial charge in [0.1, 0.15) is 0 Å². The first-order chi connectivity index (χ1) is 9.60. The third-order valence-corrected chi connectivity index (χ3v) is 3.62. The molecule has 2 unspecified atom stereocenters. The van der Waals surface area contributed by atoms with E-state index < -0.39 is 0 Å². The second-order valence-corrected chi connectivity index (χ2v) is 5.11. The fourth-order valence-corrected chi connectivity index (χ4v) is 2.34. The summed E-state index contributed by atoms with van der Waals surface area (Å²) in [7, 11) is 0. The zero-order chi connectivity index (χ0) is 14.5. The number of hydrogen-bond donors (Lipinski definition) is 3. The molecule has 1 heterocycles. The lowest BCUT2D eigenvalue weighted by Crippen LogP contribution is -2.32. The van der Waals surface area contributed by atoms with Gasteiger partial charge in [-0.05, 0) is 44.2 Å². The molecule has 0 spiro atoms. The second kappa shape index (κ2) is 6.52. The minimum Gasteiger partial charge on any atom is -0.326 e. The Balaban J connectivity index is 1.93. The highest BCUT2D eigenvalue weighted by Crippen LogP contribution is 2.19. The Morgan fingerprint density at radius 1 is 1.20 bits per heavy atom. The molecule has 0 aromatic heterocycles. The SMILES string of the molecule is CCC(=O)Nc1ccc(NC(=O)C2CCNC2C)cc1. The van der Waals surface area contributed by atoms with E-state index in [-0.39, 0.29) is 23.8 Å². The van der Waals surface area contributed by atoms with E-state index in [1.807, 2.05) is 6.92 Å². The van der Waals surface area contributed by atoms with Gasteiger partial charge in [-0.15, -0.1) is 0 Å². The van der Waals surface area contributed by atoms with Gasteiger partial charge in [0.05, 0.1) is 5.92 Å². The first-order valence-corrected chi connectivity index (χ1v) is 7.04. The number of hydrogen-bond acceptors (Lipinski definition) is 3. The lowest BCUT2D eigenvalue weighted by molar-refractivity contribution is -0.120. The van der Waals surface area contributed by atoms with Crippen molar-refractivity contribution in [3.8, 4) is 0 Å². The zero-order valence-corrected chi connectivity index (χ0v) is 11.9. The van der Waals surface area contributed by atoms with Crippen LogP contribution in [0.15, 0.2) is 24.3 Å². The number of amides is 2. The highest BCUT2D eigenvalue weighted by molar-refractivity contribution is 5.94. The van der Waals surface area contributed by atoms with Crippen LogP contribution in [-0.2, 0) is 9.59 Å². The maximum atomic E-state index is 12.1. The second-order valence-electron chi connectivity index (χ2n) is 5.11. The first-order valence-electron chi connectivity index (χ1n) is 7.04. The van der Waals surface area contributed by atoms with Crippen molar-refractivity contribution in [2.24, 2.45) is 5.92 Å². The van der Waals surface area contributed by atoms with Crippen LogP contribution in [0.2, 0.25) is 0 Å². The minimum atomic E-state index is -0.0207. The molecule has 5 nitrogen and oxygen atoms in total. The molecule has 1 aliphatic rings. The predicted octanol–water partition coefficient (Wildman–Crippen LogP) is 1.97. The van der Waals surface area contributed by atoms with Crippen LogP contribution in [0.25, 0.3) is 0 Å². The quantitative estimate of drug-likeness (QED) is 0.787. The van der Waals surface area contributed by atoms with Gasteiger partial charge in [-0.1, -0.05) is 6.92 Å². The van der Waals surface area contributed by atoms with Crippen molar-refractivity contribution in [1.82, 2.24) is 5.32 Å². The van der Waals surface area contributed by atoms with E-state index in [0.717, 1.165) is 24.3 Å². The summed E-state index contributed by atoms with van der Waals surface area (Å²) in [6.07, 6.45) is 1.32. The van der Waals surface area contributed by atoms with Crippen LogP contribution in [0.1, 0.15) is 26.7 Å². The van der Waals surface area contributed by atoms with Gasteiger partial charge in [0, 0.05) is 23.8 Å². The molecule has 0 saturated carbocycles. The number of carbonyl (C=O) groups excluding carboxylic acids is 2. The number of carbonyl (C=O) groups is 2. The molecule has 5 heteroatoms. The molecular weight excluding hydrogens is 254 g/mol. The van der Waals surface area contributed by atoms with Crippen molar-refractivity contribution in [3.05, 3.63) is 24.3 Å². The third kappa shape index (κ3) is 3.57. The molecule has 3 N–H and O–H groups in total. The molecule has 2 rings (SSSR count). The summed E-state index contributed by atoms with van der Waals surface area (Å²) in [6, 6.07) is 7.41. The van der Waals surface area contributed by atoms with Crippen LogP contribution >= 0.6 is 0 Å². The largest absolute Gasteiger partial charge is 0.326 e. The topological polar surface area (TPSA) is 70.2 Å². The average molecular weight is 275 g/mol. The fraction of sp³-hybridized carbons (Fsp3) is 0.467. The van der Waals surface area contributed by atoms with E-state index >= 15 is 0 Å². The van der Waals surface area contributed by atoms with Crippen LogP contribution in [0.5, 0.6) is 0 Å². The van der Waals surface area contributed by atoms with E-state index in [9.17, 15) is 9.59 Å². The van der Waals surface area contributed by atoms with Gasteiger partial charge < -0.3 is 16.0 Å². The molecule has 1 saturated heterocycles. The van der Waals surface area contributed by atoms with Gasteiger partial charge in [0.2, 0.25) is 11.8 Å². The summed E-state index contributed by atoms with van der Waals surface area (Å²) in [5.41, 5.74) is 1.49. The molecule has 0 aliphatic carbocycles. The molecule has 1 aromatic carbocycles. The third-order valence-electron chi connectivity index (χ3n) is 3.62. The lowest BCUT2D eigenvalue weighted by Gasteiger charge is -2.15. The summed E-state index contributed by atoms with van der Waals surface area (Å²) >= 11 is 0.